The molecule has 2 amide bonds. The first kappa shape index (κ1) is 21.5. The van der Waals surface area contributed by atoms with Crippen LogP contribution in [0.2, 0.25) is 5.02 Å². The molecule has 8 nitrogen and oxygen atoms in total. The van der Waals surface area contributed by atoms with Crippen LogP contribution in [0.15, 0.2) is 36.4 Å². The van der Waals surface area contributed by atoms with Gasteiger partial charge in [-0.1, -0.05) is 29.5 Å². The van der Waals surface area contributed by atoms with Gasteiger partial charge in [-0.2, -0.15) is 0 Å². The minimum absolute atomic E-state index is 0.166. The number of carbonyl (C=O) groups is 3. The van der Waals surface area contributed by atoms with Gasteiger partial charge in [0.05, 0.1) is 17.2 Å². The zero-order valence-corrected chi connectivity index (χ0v) is 17.6. The van der Waals surface area contributed by atoms with E-state index >= 15 is 0 Å². The number of anilines is 1. The molecule has 3 N–H and O–H groups in total. The van der Waals surface area contributed by atoms with Gasteiger partial charge < -0.3 is 25.2 Å². The third-order valence-electron chi connectivity index (χ3n) is 5.16. The van der Waals surface area contributed by atoms with E-state index in [0.29, 0.717) is 35.1 Å². The van der Waals surface area contributed by atoms with E-state index in [0.717, 1.165) is 5.56 Å². The quantitative estimate of drug-likeness (QED) is 0.578. The summed E-state index contributed by atoms with van der Waals surface area (Å²) >= 11 is 6.07. The van der Waals surface area contributed by atoms with Crippen LogP contribution in [-0.4, -0.2) is 29.7 Å². The zero-order chi connectivity index (χ0) is 22.7. The number of benzene rings is 2. The number of fused-ring (bicyclic) bond motifs is 1. The predicted molar refractivity (Wildman–Crippen MR) is 115 cm³/mol. The number of halogens is 1. The van der Waals surface area contributed by atoms with Crippen molar-refractivity contribution in [2.75, 3.05) is 12.1 Å². The average molecular weight is 455 g/mol. The molecular formula is C23H19ClN2O6. The molecule has 9 heteroatoms. The Morgan fingerprint density at radius 2 is 1.78 bits per heavy atom. The van der Waals surface area contributed by atoms with Crippen LogP contribution in [0.1, 0.15) is 28.8 Å². The monoisotopic (exact) mass is 454 g/mol. The number of ether oxygens (including phenoxy) is 2. The van der Waals surface area contributed by atoms with Gasteiger partial charge >= 0.3 is 5.97 Å². The highest BCUT2D eigenvalue weighted by atomic mass is 35.5. The van der Waals surface area contributed by atoms with Gasteiger partial charge in [-0.25, -0.2) is 0 Å². The summed E-state index contributed by atoms with van der Waals surface area (Å²) in [6.07, 6.45) is 0.624. The average Bonchev–Trinajstić information content (AvgIpc) is 3.26. The molecule has 0 saturated heterocycles. The van der Waals surface area contributed by atoms with Crippen LogP contribution in [0.25, 0.3) is 0 Å². The van der Waals surface area contributed by atoms with Crippen LogP contribution in [0.3, 0.4) is 0 Å². The topological polar surface area (TPSA) is 114 Å². The Hall–Kier alpha value is -3.70. The molecule has 0 bridgehead atoms. The van der Waals surface area contributed by atoms with Gasteiger partial charge in [0, 0.05) is 11.6 Å². The minimum atomic E-state index is -0.990. The van der Waals surface area contributed by atoms with Crippen LogP contribution in [-0.2, 0) is 16.1 Å². The summed E-state index contributed by atoms with van der Waals surface area (Å²) in [7, 11) is 0. The van der Waals surface area contributed by atoms with E-state index < -0.39 is 29.6 Å². The molecule has 32 heavy (non-hydrogen) atoms. The SMILES string of the molecule is O=C(NCc1ccc2c(c1)OCO2)c1cc(Cl)ccc1NC(=O)[C@@H]1C#C[C@@H](C(=O)O)CC1. The summed E-state index contributed by atoms with van der Waals surface area (Å²) in [5.41, 5.74) is 1.32. The van der Waals surface area contributed by atoms with E-state index in [1.165, 1.54) is 6.07 Å². The van der Waals surface area contributed by atoms with Gasteiger partial charge in [-0.15, -0.1) is 0 Å². The third kappa shape index (κ3) is 4.79. The fourth-order valence-corrected chi connectivity index (χ4v) is 3.59. The fraction of sp³-hybridized carbons (Fsp3) is 0.261. The minimum Gasteiger partial charge on any atom is -0.480 e. The summed E-state index contributed by atoms with van der Waals surface area (Å²) in [4.78, 5) is 36.5. The summed E-state index contributed by atoms with van der Waals surface area (Å²) in [5, 5.41) is 14.9. The number of rotatable bonds is 6. The number of amides is 2. The van der Waals surface area contributed by atoms with Crippen molar-refractivity contribution in [1.82, 2.24) is 5.32 Å². The van der Waals surface area contributed by atoms with E-state index in [-0.39, 0.29) is 18.9 Å². The molecule has 2 atom stereocenters. The molecule has 0 unspecified atom stereocenters. The van der Waals surface area contributed by atoms with E-state index in [4.69, 9.17) is 26.2 Å². The van der Waals surface area contributed by atoms with Crippen LogP contribution < -0.4 is 20.1 Å². The number of carboxylic acid groups (broad SMARTS) is 1. The van der Waals surface area contributed by atoms with Crippen molar-refractivity contribution in [1.29, 1.82) is 0 Å². The lowest BCUT2D eigenvalue weighted by Gasteiger charge is -2.18. The maximum Gasteiger partial charge on any atom is 0.318 e. The number of carbonyl (C=O) groups excluding carboxylic acids is 2. The van der Waals surface area contributed by atoms with E-state index in [1.54, 1.807) is 24.3 Å². The Kier molecular flexibility index (Phi) is 6.19. The Bertz CT molecular complexity index is 1150. The number of nitrogens with one attached hydrogen (secondary N) is 2. The van der Waals surface area contributed by atoms with Crippen molar-refractivity contribution in [2.24, 2.45) is 11.8 Å². The van der Waals surface area contributed by atoms with Crippen molar-refractivity contribution in [3.05, 3.63) is 52.5 Å². The molecule has 4 rings (SSSR count). The summed E-state index contributed by atoms with van der Waals surface area (Å²) in [6.45, 7) is 0.402. The molecule has 0 radical (unpaired) electrons. The highest BCUT2D eigenvalue weighted by molar-refractivity contribution is 6.31. The maximum absolute atomic E-state index is 12.8. The van der Waals surface area contributed by atoms with E-state index in [2.05, 4.69) is 22.5 Å². The van der Waals surface area contributed by atoms with Crippen molar-refractivity contribution < 1.29 is 29.0 Å². The Morgan fingerprint density at radius 3 is 2.53 bits per heavy atom. The zero-order valence-electron chi connectivity index (χ0n) is 16.8. The van der Waals surface area contributed by atoms with Crippen molar-refractivity contribution in [3.8, 4) is 23.3 Å². The second-order valence-electron chi connectivity index (χ2n) is 7.36. The molecular weight excluding hydrogens is 436 g/mol. The maximum atomic E-state index is 12.8. The molecule has 0 saturated carbocycles. The molecule has 2 aromatic carbocycles. The molecule has 1 aliphatic carbocycles. The van der Waals surface area contributed by atoms with Gasteiger partial charge in [-0.05, 0) is 48.7 Å². The molecule has 0 fully saturated rings. The van der Waals surface area contributed by atoms with Crippen molar-refractivity contribution >= 4 is 35.1 Å². The van der Waals surface area contributed by atoms with Gasteiger partial charge in [0.1, 0.15) is 5.92 Å². The third-order valence-corrected chi connectivity index (χ3v) is 5.40. The molecule has 164 valence electrons. The fourth-order valence-electron chi connectivity index (χ4n) is 3.42. The second kappa shape index (κ2) is 9.20. The largest absolute Gasteiger partial charge is 0.480 e. The Labute approximate surface area is 188 Å². The highest BCUT2D eigenvalue weighted by Crippen LogP contribution is 2.32. The summed E-state index contributed by atoms with van der Waals surface area (Å²) in [5.74, 6) is 3.38. The molecule has 2 aromatic rings. The number of hydrogen-bond acceptors (Lipinski definition) is 5. The van der Waals surface area contributed by atoms with Crippen LogP contribution >= 0.6 is 11.6 Å². The first-order valence-corrected chi connectivity index (χ1v) is 10.3. The molecule has 2 aliphatic rings. The van der Waals surface area contributed by atoms with Gasteiger partial charge in [-0.3, -0.25) is 14.4 Å². The van der Waals surface area contributed by atoms with Gasteiger partial charge in [0.25, 0.3) is 5.91 Å². The molecule has 1 heterocycles. The Morgan fingerprint density at radius 1 is 1.03 bits per heavy atom. The molecule has 0 aromatic heterocycles. The van der Waals surface area contributed by atoms with E-state index in [1.807, 2.05) is 6.07 Å². The first-order chi connectivity index (χ1) is 15.4. The first-order valence-electron chi connectivity index (χ1n) is 9.91. The Balaban J connectivity index is 1.44. The van der Waals surface area contributed by atoms with E-state index in [9.17, 15) is 14.4 Å². The van der Waals surface area contributed by atoms with Crippen molar-refractivity contribution in [3.63, 3.8) is 0 Å². The summed E-state index contributed by atoms with van der Waals surface area (Å²) in [6, 6.07) is 9.97. The summed E-state index contributed by atoms with van der Waals surface area (Å²) < 4.78 is 10.6. The standard InChI is InChI=1S/C23H19ClN2O6/c24-16-6-7-18(26-21(27)14-2-4-15(5-3-14)23(29)30)17(10-16)22(28)25-11-13-1-8-19-20(9-13)32-12-31-19/h1,6-10,14-15H,2,4,11-12H2,(H,25,28)(H,26,27)(H,29,30)/t14-,15-/m0/s1. The number of hydrogen-bond donors (Lipinski definition) is 3. The highest BCUT2D eigenvalue weighted by Gasteiger charge is 2.26. The number of carboxylic acids is 1. The smallest absolute Gasteiger partial charge is 0.318 e. The van der Waals surface area contributed by atoms with Gasteiger partial charge in [0.15, 0.2) is 11.5 Å². The lowest BCUT2D eigenvalue weighted by Crippen LogP contribution is -2.28. The normalized spacial score (nSPS) is 18.3. The van der Waals surface area contributed by atoms with Crippen LogP contribution in [0, 0.1) is 23.7 Å². The molecule has 1 aliphatic heterocycles. The van der Waals surface area contributed by atoms with Crippen molar-refractivity contribution in [2.45, 2.75) is 19.4 Å². The predicted octanol–water partition coefficient (Wildman–Crippen LogP) is 3.05. The lowest BCUT2D eigenvalue weighted by atomic mass is 9.90. The number of aliphatic carboxylic acids is 1. The lowest BCUT2D eigenvalue weighted by molar-refractivity contribution is -0.140. The molecule has 0 spiro atoms. The second-order valence-corrected chi connectivity index (χ2v) is 7.80. The van der Waals surface area contributed by atoms with Crippen LogP contribution in [0.4, 0.5) is 5.69 Å². The van der Waals surface area contributed by atoms with Crippen LogP contribution in [0.5, 0.6) is 11.5 Å². The van der Waals surface area contributed by atoms with Gasteiger partial charge in [0.2, 0.25) is 12.7 Å².